The van der Waals surface area contributed by atoms with E-state index in [2.05, 4.69) is 4.74 Å². The predicted octanol–water partition coefficient (Wildman–Crippen LogP) is 3.17. The molecule has 1 aliphatic heterocycles. The lowest BCUT2D eigenvalue weighted by Crippen LogP contribution is -2.35. The maximum Gasteiger partial charge on any atom is 0.396 e. The number of hydrogen-bond donors (Lipinski definition) is 0. The average Bonchev–Trinajstić information content (AvgIpc) is 3.29. The van der Waals surface area contributed by atoms with Crippen LogP contribution >= 0.6 is 0 Å². The third-order valence-electron chi connectivity index (χ3n) is 5.31. The van der Waals surface area contributed by atoms with Crippen molar-refractivity contribution in [2.75, 3.05) is 20.2 Å². The molecule has 1 saturated heterocycles. The molecule has 0 aliphatic carbocycles. The van der Waals surface area contributed by atoms with E-state index in [9.17, 15) is 14.4 Å². The molecule has 3 rings (SSSR count). The summed E-state index contributed by atoms with van der Waals surface area (Å²) in [5, 5.41) is 0. The number of nitrogens with zero attached hydrogens (tertiary/aromatic N) is 1. The fourth-order valence-corrected chi connectivity index (χ4v) is 3.57. The first-order chi connectivity index (χ1) is 15.1. The summed E-state index contributed by atoms with van der Waals surface area (Å²) in [4.78, 5) is 37.8. The molecule has 2 atom stereocenters. The van der Waals surface area contributed by atoms with E-state index in [-0.39, 0.29) is 18.5 Å². The number of carbonyl (C=O) groups excluding carboxylic acids is 3. The quantitative estimate of drug-likeness (QED) is 0.390. The van der Waals surface area contributed by atoms with Crippen LogP contribution in [0.1, 0.15) is 17.5 Å². The van der Waals surface area contributed by atoms with Crippen molar-refractivity contribution in [2.45, 2.75) is 19.4 Å². The van der Waals surface area contributed by atoms with Crippen molar-refractivity contribution in [1.82, 2.24) is 4.90 Å². The Morgan fingerprint density at radius 3 is 2.32 bits per heavy atom. The van der Waals surface area contributed by atoms with Gasteiger partial charge in [-0.15, -0.1) is 0 Å². The summed E-state index contributed by atoms with van der Waals surface area (Å²) in [5.74, 6) is -2.12. The third-order valence-corrected chi connectivity index (χ3v) is 5.31. The number of benzene rings is 2. The minimum Gasteiger partial charge on any atom is -0.462 e. The Morgan fingerprint density at radius 2 is 1.68 bits per heavy atom. The molecule has 1 amide bonds. The summed E-state index contributed by atoms with van der Waals surface area (Å²) < 4.78 is 10.1. The zero-order chi connectivity index (χ0) is 22.1. The van der Waals surface area contributed by atoms with Gasteiger partial charge in [0.05, 0.1) is 13.0 Å². The maximum atomic E-state index is 12.8. The third kappa shape index (κ3) is 6.54. The Morgan fingerprint density at radius 1 is 1.03 bits per heavy atom. The van der Waals surface area contributed by atoms with E-state index in [1.54, 1.807) is 0 Å². The molecule has 0 saturated carbocycles. The topological polar surface area (TPSA) is 72.9 Å². The Hall–Kier alpha value is -3.41. The zero-order valence-corrected chi connectivity index (χ0v) is 17.6. The van der Waals surface area contributed by atoms with Gasteiger partial charge in [-0.3, -0.25) is 9.59 Å². The number of rotatable bonds is 7. The van der Waals surface area contributed by atoms with Crippen molar-refractivity contribution in [3.63, 3.8) is 0 Å². The highest BCUT2D eigenvalue weighted by molar-refractivity contribution is 6.32. The lowest BCUT2D eigenvalue weighted by molar-refractivity contribution is -0.157. The molecule has 0 bridgehead atoms. The van der Waals surface area contributed by atoms with Gasteiger partial charge in [-0.2, -0.15) is 0 Å². The molecule has 6 nitrogen and oxygen atoms in total. The summed E-state index contributed by atoms with van der Waals surface area (Å²) in [6.45, 7) is 1.15. The number of likely N-dealkylation sites (tertiary alicyclic amines) is 1. The second kappa shape index (κ2) is 11.1. The highest BCUT2D eigenvalue weighted by Crippen LogP contribution is 2.21. The Bertz CT molecular complexity index is 910. The summed E-state index contributed by atoms with van der Waals surface area (Å²) >= 11 is 0. The summed E-state index contributed by atoms with van der Waals surface area (Å²) in [7, 11) is 1.20. The van der Waals surface area contributed by atoms with Gasteiger partial charge in [0.2, 0.25) is 0 Å². The van der Waals surface area contributed by atoms with Crippen molar-refractivity contribution < 1.29 is 23.9 Å². The Balaban J connectivity index is 1.64. The smallest absolute Gasteiger partial charge is 0.396 e. The van der Waals surface area contributed by atoms with Crippen LogP contribution in [0.15, 0.2) is 72.8 Å². The van der Waals surface area contributed by atoms with Crippen LogP contribution in [0.25, 0.3) is 0 Å². The molecule has 1 fully saturated rings. The minimum atomic E-state index is -0.851. The van der Waals surface area contributed by atoms with Crippen LogP contribution in [0, 0.1) is 11.8 Å². The van der Waals surface area contributed by atoms with E-state index in [1.165, 1.54) is 12.0 Å². The number of methoxy groups -OCH3 is 1. The zero-order valence-electron chi connectivity index (χ0n) is 17.6. The van der Waals surface area contributed by atoms with Crippen molar-refractivity contribution in [1.29, 1.82) is 0 Å². The molecule has 1 heterocycles. The van der Waals surface area contributed by atoms with E-state index < -0.39 is 17.8 Å². The molecule has 0 N–H and O–H groups in total. The normalized spacial score (nSPS) is 16.8. The van der Waals surface area contributed by atoms with E-state index in [0.29, 0.717) is 19.5 Å². The van der Waals surface area contributed by atoms with Gasteiger partial charge in [0.25, 0.3) is 0 Å². The molecule has 2 aromatic carbocycles. The van der Waals surface area contributed by atoms with Gasteiger partial charge in [0.1, 0.15) is 6.61 Å². The number of carbonyl (C=O) groups is 3. The van der Waals surface area contributed by atoms with Crippen LogP contribution in [0.4, 0.5) is 0 Å². The van der Waals surface area contributed by atoms with Crippen LogP contribution < -0.4 is 0 Å². The molecular formula is C25H27NO5. The van der Waals surface area contributed by atoms with Crippen LogP contribution in [0.3, 0.4) is 0 Å². The van der Waals surface area contributed by atoms with Gasteiger partial charge in [0, 0.05) is 13.1 Å². The molecule has 0 radical (unpaired) electrons. The molecule has 1 unspecified atom stereocenters. The number of ether oxygens (including phenoxy) is 2. The standard InChI is InChI=1S/C25H27NO5/c1-30-25(29)23(27)26-15-14-20(17-26)12-13-22(16-19-8-4-2-5-9-19)24(28)31-18-21-10-6-3-7-11-21/h2-13,20,22H,14-18H2,1H3/b13-12+/t20-,22?/m1/s1. The summed E-state index contributed by atoms with van der Waals surface area (Å²) in [6, 6.07) is 19.4. The molecule has 6 heteroatoms. The van der Waals surface area contributed by atoms with Gasteiger partial charge in [-0.25, -0.2) is 4.79 Å². The van der Waals surface area contributed by atoms with Crippen molar-refractivity contribution in [2.24, 2.45) is 11.8 Å². The highest BCUT2D eigenvalue weighted by atomic mass is 16.5. The largest absolute Gasteiger partial charge is 0.462 e. The van der Waals surface area contributed by atoms with E-state index in [4.69, 9.17) is 4.74 Å². The molecule has 0 aromatic heterocycles. The lowest BCUT2D eigenvalue weighted by atomic mass is 9.96. The second-order valence-corrected chi connectivity index (χ2v) is 7.57. The van der Waals surface area contributed by atoms with Crippen molar-refractivity contribution in [3.05, 3.63) is 83.9 Å². The van der Waals surface area contributed by atoms with Crippen molar-refractivity contribution >= 4 is 17.8 Å². The van der Waals surface area contributed by atoms with Crippen LogP contribution in [-0.2, 0) is 36.9 Å². The molecule has 162 valence electrons. The van der Waals surface area contributed by atoms with Crippen LogP contribution in [0.2, 0.25) is 0 Å². The molecule has 31 heavy (non-hydrogen) atoms. The first kappa shape index (κ1) is 22.3. The van der Waals surface area contributed by atoms with Gasteiger partial charge in [-0.05, 0) is 29.9 Å². The fraction of sp³-hybridized carbons (Fsp3) is 0.320. The lowest BCUT2D eigenvalue weighted by Gasteiger charge is -2.15. The first-order valence-corrected chi connectivity index (χ1v) is 10.4. The van der Waals surface area contributed by atoms with Crippen LogP contribution in [0.5, 0.6) is 0 Å². The molecule has 2 aromatic rings. The van der Waals surface area contributed by atoms with Gasteiger partial charge < -0.3 is 14.4 Å². The highest BCUT2D eigenvalue weighted by Gasteiger charge is 2.30. The number of hydrogen-bond acceptors (Lipinski definition) is 5. The van der Waals surface area contributed by atoms with E-state index in [1.807, 2.05) is 72.8 Å². The Labute approximate surface area is 182 Å². The molecule has 1 aliphatic rings. The van der Waals surface area contributed by atoms with Crippen LogP contribution in [-0.4, -0.2) is 42.9 Å². The fourth-order valence-electron chi connectivity index (χ4n) is 3.57. The van der Waals surface area contributed by atoms with E-state index >= 15 is 0 Å². The van der Waals surface area contributed by atoms with Crippen molar-refractivity contribution in [3.8, 4) is 0 Å². The monoisotopic (exact) mass is 421 g/mol. The van der Waals surface area contributed by atoms with Gasteiger partial charge >= 0.3 is 17.8 Å². The molecule has 0 spiro atoms. The Kier molecular flexibility index (Phi) is 7.98. The minimum absolute atomic E-state index is 0.0776. The first-order valence-electron chi connectivity index (χ1n) is 10.4. The molecular weight excluding hydrogens is 394 g/mol. The van der Waals surface area contributed by atoms with Gasteiger partial charge in [0.15, 0.2) is 0 Å². The second-order valence-electron chi connectivity index (χ2n) is 7.57. The maximum absolute atomic E-state index is 12.8. The predicted molar refractivity (Wildman–Crippen MR) is 116 cm³/mol. The van der Waals surface area contributed by atoms with E-state index in [0.717, 1.165) is 17.5 Å². The number of esters is 2. The number of amides is 1. The SMILES string of the molecule is COC(=O)C(=O)N1CC[C@@H](/C=C/C(Cc2ccccc2)C(=O)OCc2ccccc2)C1. The summed E-state index contributed by atoms with van der Waals surface area (Å²) in [6.07, 6.45) is 5.10. The van der Waals surface area contributed by atoms with Gasteiger partial charge in [-0.1, -0.05) is 72.8 Å². The average molecular weight is 421 g/mol. The summed E-state index contributed by atoms with van der Waals surface area (Å²) in [5.41, 5.74) is 1.98.